The van der Waals surface area contributed by atoms with E-state index in [9.17, 15) is 9.90 Å². The standard InChI is InChI=1S/C16H27N3O2/c1-16(2,3)14-9-13(17-18-14)15(21)19(4)12-7-5-11(10-20)6-8-12/h9,11-12,20H,5-8,10H2,1-4H3,(H,17,18). The Morgan fingerprint density at radius 3 is 2.48 bits per heavy atom. The summed E-state index contributed by atoms with van der Waals surface area (Å²) in [4.78, 5) is 14.3. The molecule has 0 aromatic carbocycles. The van der Waals surface area contributed by atoms with Crippen molar-refractivity contribution in [2.24, 2.45) is 5.92 Å². The maximum Gasteiger partial charge on any atom is 0.274 e. The Labute approximate surface area is 126 Å². The summed E-state index contributed by atoms with van der Waals surface area (Å²) in [6.45, 7) is 6.54. The van der Waals surface area contributed by atoms with Gasteiger partial charge < -0.3 is 10.0 Å². The van der Waals surface area contributed by atoms with Gasteiger partial charge in [0.1, 0.15) is 5.69 Å². The summed E-state index contributed by atoms with van der Waals surface area (Å²) in [5.74, 6) is 0.386. The highest BCUT2D eigenvalue weighted by Gasteiger charge is 2.28. The molecule has 0 bridgehead atoms. The van der Waals surface area contributed by atoms with Crippen molar-refractivity contribution in [2.45, 2.75) is 57.9 Å². The van der Waals surface area contributed by atoms with E-state index in [1.54, 1.807) is 0 Å². The second kappa shape index (κ2) is 6.18. The third-order valence-electron chi connectivity index (χ3n) is 4.55. The molecule has 1 aromatic rings. The van der Waals surface area contributed by atoms with Crippen molar-refractivity contribution in [1.29, 1.82) is 0 Å². The average Bonchev–Trinajstić information content (AvgIpc) is 2.95. The summed E-state index contributed by atoms with van der Waals surface area (Å²) in [5, 5.41) is 16.3. The molecule has 0 atom stereocenters. The molecule has 0 aliphatic heterocycles. The predicted octanol–water partition coefficient (Wildman–Crippen LogP) is 2.33. The minimum absolute atomic E-state index is 0.0193. The summed E-state index contributed by atoms with van der Waals surface area (Å²) >= 11 is 0. The molecule has 1 saturated carbocycles. The zero-order valence-corrected chi connectivity index (χ0v) is 13.5. The first-order valence-corrected chi connectivity index (χ1v) is 7.77. The maximum atomic E-state index is 12.5. The van der Waals surface area contributed by atoms with Crippen LogP contribution < -0.4 is 0 Å². The van der Waals surface area contributed by atoms with Crippen LogP contribution in [0.3, 0.4) is 0 Å². The lowest BCUT2D eigenvalue weighted by atomic mass is 9.86. The molecular weight excluding hydrogens is 266 g/mol. The summed E-state index contributed by atoms with van der Waals surface area (Å²) in [6, 6.07) is 2.12. The number of aliphatic hydroxyl groups is 1. The molecule has 1 heterocycles. The quantitative estimate of drug-likeness (QED) is 0.898. The van der Waals surface area contributed by atoms with Crippen LogP contribution in [-0.2, 0) is 5.41 Å². The molecule has 1 fully saturated rings. The first kappa shape index (κ1) is 16.0. The van der Waals surface area contributed by atoms with E-state index in [2.05, 4.69) is 31.0 Å². The normalized spacial score (nSPS) is 23.1. The van der Waals surface area contributed by atoms with Crippen molar-refractivity contribution in [2.75, 3.05) is 13.7 Å². The number of hydrogen-bond acceptors (Lipinski definition) is 3. The van der Waals surface area contributed by atoms with Gasteiger partial charge in [0.25, 0.3) is 5.91 Å². The third kappa shape index (κ3) is 3.64. The first-order valence-electron chi connectivity index (χ1n) is 7.77. The van der Waals surface area contributed by atoms with E-state index in [1.807, 2.05) is 18.0 Å². The van der Waals surface area contributed by atoms with E-state index in [0.717, 1.165) is 31.4 Å². The molecular formula is C16H27N3O2. The lowest BCUT2D eigenvalue weighted by Gasteiger charge is -2.33. The Kier molecular flexibility index (Phi) is 4.71. The Bertz CT molecular complexity index is 482. The van der Waals surface area contributed by atoms with Crippen LogP contribution in [0.5, 0.6) is 0 Å². The zero-order valence-electron chi connectivity index (χ0n) is 13.5. The summed E-state index contributed by atoms with van der Waals surface area (Å²) in [7, 11) is 1.86. The van der Waals surface area contributed by atoms with E-state index in [0.29, 0.717) is 11.6 Å². The molecule has 0 spiro atoms. The van der Waals surface area contributed by atoms with Gasteiger partial charge in [0.05, 0.1) is 0 Å². The average molecular weight is 293 g/mol. The largest absolute Gasteiger partial charge is 0.396 e. The molecule has 2 rings (SSSR count). The lowest BCUT2D eigenvalue weighted by Crippen LogP contribution is -2.40. The molecule has 0 saturated heterocycles. The van der Waals surface area contributed by atoms with Crippen molar-refractivity contribution in [3.63, 3.8) is 0 Å². The number of aromatic nitrogens is 2. The zero-order chi connectivity index (χ0) is 15.6. The summed E-state index contributed by atoms with van der Waals surface area (Å²) in [6.07, 6.45) is 3.91. The van der Waals surface area contributed by atoms with Crippen LogP contribution in [-0.4, -0.2) is 45.8 Å². The van der Waals surface area contributed by atoms with Gasteiger partial charge in [-0.15, -0.1) is 0 Å². The maximum absolute atomic E-state index is 12.5. The van der Waals surface area contributed by atoms with Gasteiger partial charge in [-0.25, -0.2) is 0 Å². The highest BCUT2D eigenvalue weighted by molar-refractivity contribution is 5.92. The number of aromatic amines is 1. The smallest absolute Gasteiger partial charge is 0.274 e. The van der Waals surface area contributed by atoms with Crippen LogP contribution in [0.15, 0.2) is 6.07 Å². The lowest BCUT2D eigenvalue weighted by molar-refractivity contribution is 0.0647. The van der Waals surface area contributed by atoms with E-state index < -0.39 is 0 Å². The van der Waals surface area contributed by atoms with Crippen molar-refractivity contribution >= 4 is 5.91 Å². The number of nitrogens with zero attached hydrogens (tertiary/aromatic N) is 2. The molecule has 1 aliphatic rings. The molecule has 118 valence electrons. The molecule has 5 nitrogen and oxygen atoms in total. The van der Waals surface area contributed by atoms with Crippen LogP contribution in [0.2, 0.25) is 0 Å². The number of amides is 1. The molecule has 2 N–H and O–H groups in total. The van der Waals surface area contributed by atoms with E-state index >= 15 is 0 Å². The van der Waals surface area contributed by atoms with Gasteiger partial charge in [-0.1, -0.05) is 20.8 Å². The predicted molar refractivity (Wildman–Crippen MR) is 82.2 cm³/mol. The number of aliphatic hydroxyl groups excluding tert-OH is 1. The van der Waals surface area contributed by atoms with Crippen molar-refractivity contribution < 1.29 is 9.90 Å². The van der Waals surface area contributed by atoms with Crippen molar-refractivity contribution in [1.82, 2.24) is 15.1 Å². The minimum Gasteiger partial charge on any atom is -0.396 e. The number of H-pyrrole nitrogens is 1. The molecule has 0 unspecified atom stereocenters. The van der Waals surface area contributed by atoms with Gasteiger partial charge in [0.2, 0.25) is 0 Å². The van der Waals surface area contributed by atoms with E-state index in [4.69, 9.17) is 0 Å². The highest BCUT2D eigenvalue weighted by Crippen LogP contribution is 2.27. The van der Waals surface area contributed by atoms with Crippen molar-refractivity contribution in [3.05, 3.63) is 17.5 Å². The molecule has 0 radical (unpaired) electrons. The highest BCUT2D eigenvalue weighted by atomic mass is 16.3. The first-order chi connectivity index (χ1) is 9.82. The SMILES string of the molecule is CN(C(=O)c1cc(C(C)(C)C)[nH]n1)C1CCC(CO)CC1. The monoisotopic (exact) mass is 293 g/mol. The topological polar surface area (TPSA) is 69.2 Å². The Morgan fingerprint density at radius 1 is 1.38 bits per heavy atom. The second-order valence-electron chi connectivity index (χ2n) is 7.19. The number of carbonyl (C=O) groups excluding carboxylic acids is 1. The van der Waals surface area contributed by atoms with Crippen LogP contribution >= 0.6 is 0 Å². The van der Waals surface area contributed by atoms with Crippen LogP contribution in [0.4, 0.5) is 0 Å². The van der Waals surface area contributed by atoms with Gasteiger partial charge in [0, 0.05) is 30.8 Å². The van der Waals surface area contributed by atoms with Crippen LogP contribution in [0, 0.1) is 5.92 Å². The molecule has 21 heavy (non-hydrogen) atoms. The van der Waals surface area contributed by atoms with Gasteiger partial charge in [0.15, 0.2) is 0 Å². The number of carbonyl (C=O) groups is 1. The fourth-order valence-electron chi connectivity index (χ4n) is 2.88. The van der Waals surface area contributed by atoms with Gasteiger partial charge in [-0.2, -0.15) is 5.10 Å². The minimum atomic E-state index is -0.0384. The van der Waals surface area contributed by atoms with E-state index in [-0.39, 0.29) is 24.0 Å². The molecule has 1 amide bonds. The number of nitrogens with one attached hydrogen (secondary N) is 1. The second-order valence-corrected chi connectivity index (χ2v) is 7.19. The fraction of sp³-hybridized carbons (Fsp3) is 0.750. The van der Waals surface area contributed by atoms with Gasteiger partial charge in [-0.05, 0) is 37.7 Å². The summed E-state index contributed by atoms with van der Waals surface area (Å²) < 4.78 is 0. The van der Waals surface area contributed by atoms with Crippen LogP contribution in [0.25, 0.3) is 0 Å². The fourth-order valence-corrected chi connectivity index (χ4v) is 2.88. The molecule has 1 aliphatic carbocycles. The Hall–Kier alpha value is -1.36. The number of hydrogen-bond donors (Lipinski definition) is 2. The number of rotatable bonds is 3. The van der Waals surface area contributed by atoms with Crippen LogP contribution in [0.1, 0.15) is 62.6 Å². The Balaban J connectivity index is 2.01. The Morgan fingerprint density at radius 2 is 2.00 bits per heavy atom. The molecule has 1 aromatic heterocycles. The van der Waals surface area contributed by atoms with Gasteiger partial charge >= 0.3 is 0 Å². The van der Waals surface area contributed by atoms with E-state index in [1.165, 1.54) is 0 Å². The van der Waals surface area contributed by atoms with Crippen molar-refractivity contribution in [3.8, 4) is 0 Å². The molecule has 5 heteroatoms. The third-order valence-corrected chi connectivity index (χ3v) is 4.55. The summed E-state index contributed by atoms with van der Waals surface area (Å²) in [5.41, 5.74) is 1.43. The van der Waals surface area contributed by atoms with Gasteiger partial charge in [-0.3, -0.25) is 9.89 Å².